The minimum Gasteiger partial charge on any atom is -0.456 e. The maximum atomic E-state index is 13.1. The maximum absolute atomic E-state index is 13.1. The van der Waals surface area contributed by atoms with Gasteiger partial charge in [-0.05, 0) is 72.8 Å². The van der Waals surface area contributed by atoms with Gasteiger partial charge in [-0.1, -0.05) is 53.0 Å². The van der Waals surface area contributed by atoms with Crippen LogP contribution in [-0.4, -0.2) is 29.1 Å². The van der Waals surface area contributed by atoms with E-state index in [0.29, 0.717) is 68.0 Å². The summed E-state index contributed by atoms with van der Waals surface area (Å²) in [7, 11) is 0. The largest absolute Gasteiger partial charge is 0.456 e. The first-order chi connectivity index (χ1) is 24.4. The lowest BCUT2D eigenvalue weighted by Crippen LogP contribution is -2.17. The van der Waals surface area contributed by atoms with Gasteiger partial charge in [-0.3, -0.25) is 18.7 Å². The molecular formula is C36H19Cl3N6O3S2. The van der Waals surface area contributed by atoms with Gasteiger partial charge in [0.15, 0.2) is 0 Å². The highest BCUT2D eigenvalue weighted by Gasteiger charge is 2.18. The topological polar surface area (TPSA) is 105 Å². The molecule has 0 aliphatic heterocycles. The zero-order valence-electron chi connectivity index (χ0n) is 25.3. The van der Waals surface area contributed by atoms with Crippen LogP contribution in [0.25, 0.3) is 52.2 Å². The molecule has 244 valence electrons. The van der Waals surface area contributed by atoms with Crippen LogP contribution in [0.15, 0.2) is 126 Å². The molecule has 0 saturated heterocycles. The minimum absolute atomic E-state index is 0.147. The van der Waals surface area contributed by atoms with Gasteiger partial charge in [0.05, 0.1) is 32.7 Å². The summed E-state index contributed by atoms with van der Waals surface area (Å²) in [5.74, 6) is 1.34. The molecule has 0 N–H and O–H groups in total. The zero-order valence-corrected chi connectivity index (χ0v) is 29.2. The van der Waals surface area contributed by atoms with Gasteiger partial charge in [-0.15, -0.1) is 22.7 Å². The molecular weight excluding hydrogens is 735 g/mol. The highest BCUT2D eigenvalue weighted by atomic mass is 35.5. The second kappa shape index (κ2) is 13.3. The molecule has 3 aromatic carbocycles. The quantitative estimate of drug-likeness (QED) is 0.176. The third-order valence-electron chi connectivity index (χ3n) is 7.66. The van der Waals surface area contributed by atoms with Gasteiger partial charge in [0.1, 0.15) is 48.7 Å². The monoisotopic (exact) mass is 752 g/mol. The van der Waals surface area contributed by atoms with Gasteiger partial charge in [-0.25, -0.2) is 19.9 Å². The van der Waals surface area contributed by atoms with Crippen LogP contribution >= 0.6 is 57.5 Å². The third-order valence-corrected chi connectivity index (χ3v) is 10.6. The van der Waals surface area contributed by atoms with Crippen molar-refractivity contribution in [3.63, 3.8) is 0 Å². The van der Waals surface area contributed by atoms with Gasteiger partial charge in [0.2, 0.25) is 0 Å². The van der Waals surface area contributed by atoms with E-state index in [1.165, 1.54) is 44.5 Å². The molecule has 9 nitrogen and oxygen atoms in total. The number of ether oxygens (including phenoxy) is 1. The molecule has 14 heteroatoms. The maximum Gasteiger partial charge on any atom is 0.275 e. The first-order valence-corrected chi connectivity index (χ1v) is 17.6. The zero-order chi connectivity index (χ0) is 34.4. The standard InChI is InChI=1S/C21H12ClN3O2S.C15H7Cl2N3OS/c22-13-6-8-14(9-7-13)25-12-24-18-17-16(27-15-4-2-1-3-5-15)10-11-23-20(17)28-19(18)21(25)26;16-8-1-3-9(4-2-8)20-7-19-12-11-10(17)5-6-18-14(11)22-13(12)15(20)21/h1-12H;1-7H. The van der Waals surface area contributed by atoms with Gasteiger partial charge in [0.25, 0.3) is 11.1 Å². The number of pyridine rings is 2. The second-order valence-electron chi connectivity index (χ2n) is 10.7. The van der Waals surface area contributed by atoms with Crippen molar-refractivity contribution in [2.45, 2.75) is 0 Å². The number of rotatable bonds is 4. The normalized spacial score (nSPS) is 11.3. The fraction of sp³-hybridized carbons (Fsp3) is 0. The molecule has 0 amide bonds. The third kappa shape index (κ3) is 5.89. The van der Waals surface area contributed by atoms with E-state index in [-0.39, 0.29) is 11.1 Å². The minimum atomic E-state index is -0.152. The predicted molar refractivity (Wildman–Crippen MR) is 203 cm³/mol. The molecule has 0 radical (unpaired) electrons. The van der Waals surface area contributed by atoms with Crippen molar-refractivity contribution in [2.24, 2.45) is 0 Å². The van der Waals surface area contributed by atoms with Crippen LogP contribution in [-0.2, 0) is 0 Å². The highest BCUT2D eigenvalue weighted by molar-refractivity contribution is 7.25. The lowest BCUT2D eigenvalue weighted by Gasteiger charge is -2.07. The summed E-state index contributed by atoms with van der Waals surface area (Å²) in [4.78, 5) is 44.9. The molecule has 0 bridgehead atoms. The van der Waals surface area contributed by atoms with E-state index >= 15 is 0 Å². The SMILES string of the molecule is O=c1c2sc3nccc(Cl)c3c2ncn1-c1ccc(Cl)cc1.O=c1c2sc3nccc(Oc4ccccc4)c3c2ncn1-c1ccc(Cl)cc1. The van der Waals surface area contributed by atoms with Gasteiger partial charge in [0, 0.05) is 22.4 Å². The van der Waals surface area contributed by atoms with E-state index < -0.39 is 0 Å². The number of hydrogen-bond acceptors (Lipinski definition) is 9. The van der Waals surface area contributed by atoms with Crippen molar-refractivity contribution >= 4 is 98.3 Å². The average molecular weight is 754 g/mol. The number of halogens is 3. The van der Waals surface area contributed by atoms with Crippen molar-refractivity contribution in [1.82, 2.24) is 29.1 Å². The average Bonchev–Trinajstić information content (AvgIpc) is 3.72. The van der Waals surface area contributed by atoms with E-state index in [4.69, 9.17) is 39.5 Å². The first kappa shape index (κ1) is 32.1. The molecule has 50 heavy (non-hydrogen) atoms. The summed E-state index contributed by atoms with van der Waals surface area (Å²) in [6, 6.07) is 27.0. The van der Waals surface area contributed by atoms with Crippen molar-refractivity contribution in [1.29, 1.82) is 0 Å². The van der Waals surface area contributed by atoms with E-state index in [2.05, 4.69) is 19.9 Å². The molecule has 0 atom stereocenters. The van der Waals surface area contributed by atoms with Gasteiger partial charge in [-0.2, -0.15) is 0 Å². The van der Waals surface area contributed by atoms with E-state index in [1.54, 1.807) is 73.1 Å². The molecule has 9 aromatic rings. The van der Waals surface area contributed by atoms with Crippen LogP contribution in [0.1, 0.15) is 0 Å². The van der Waals surface area contributed by atoms with Crippen LogP contribution in [0.4, 0.5) is 0 Å². The molecule has 0 aliphatic rings. The van der Waals surface area contributed by atoms with E-state index in [0.717, 1.165) is 10.8 Å². The van der Waals surface area contributed by atoms with Crippen LogP contribution < -0.4 is 15.9 Å². The Bertz CT molecular complexity index is 2820. The number of fused-ring (bicyclic) bond motifs is 6. The number of aromatic nitrogens is 6. The smallest absolute Gasteiger partial charge is 0.275 e. The summed E-state index contributed by atoms with van der Waals surface area (Å²) in [5.41, 5.74) is 2.30. The Labute approximate surface area is 305 Å². The Morgan fingerprint density at radius 1 is 0.560 bits per heavy atom. The van der Waals surface area contributed by atoms with Crippen molar-refractivity contribution in [3.05, 3.63) is 152 Å². The Morgan fingerprint density at radius 3 is 1.62 bits per heavy atom. The van der Waals surface area contributed by atoms with E-state index in [9.17, 15) is 9.59 Å². The molecule has 6 heterocycles. The van der Waals surface area contributed by atoms with Crippen LogP contribution in [0.3, 0.4) is 0 Å². The molecule has 6 aromatic heterocycles. The van der Waals surface area contributed by atoms with Crippen molar-refractivity contribution < 1.29 is 4.74 Å². The molecule has 0 aliphatic carbocycles. The highest BCUT2D eigenvalue weighted by Crippen LogP contribution is 2.38. The molecule has 9 rings (SSSR count). The lowest BCUT2D eigenvalue weighted by molar-refractivity contribution is 0.488. The summed E-state index contributed by atoms with van der Waals surface area (Å²) in [6.07, 6.45) is 6.33. The molecule has 0 saturated carbocycles. The molecule has 0 spiro atoms. The number of benzene rings is 3. The Hall–Kier alpha value is -5.17. The fourth-order valence-corrected chi connectivity index (χ4v) is 7.95. The Balaban J connectivity index is 0.000000149. The summed E-state index contributed by atoms with van der Waals surface area (Å²) < 4.78 is 10.1. The first-order valence-electron chi connectivity index (χ1n) is 14.8. The summed E-state index contributed by atoms with van der Waals surface area (Å²) in [6.45, 7) is 0. The second-order valence-corrected chi connectivity index (χ2v) is 14.0. The Kier molecular flexibility index (Phi) is 8.51. The fourth-order valence-electron chi connectivity index (χ4n) is 5.31. The van der Waals surface area contributed by atoms with Gasteiger partial charge < -0.3 is 4.74 Å². The predicted octanol–water partition coefficient (Wildman–Crippen LogP) is 9.74. The number of nitrogens with zero attached hydrogens (tertiary/aromatic N) is 6. The van der Waals surface area contributed by atoms with E-state index in [1.807, 2.05) is 30.3 Å². The number of para-hydroxylation sites is 1. The van der Waals surface area contributed by atoms with Crippen LogP contribution in [0.5, 0.6) is 11.5 Å². The van der Waals surface area contributed by atoms with Crippen molar-refractivity contribution in [3.8, 4) is 22.9 Å². The Morgan fingerprint density at radius 2 is 1.06 bits per heavy atom. The number of thiophene rings is 2. The van der Waals surface area contributed by atoms with Crippen LogP contribution in [0.2, 0.25) is 15.1 Å². The van der Waals surface area contributed by atoms with Crippen molar-refractivity contribution in [2.75, 3.05) is 0 Å². The van der Waals surface area contributed by atoms with Gasteiger partial charge >= 0.3 is 0 Å². The lowest BCUT2D eigenvalue weighted by atomic mass is 10.2. The van der Waals surface area contributed by atoms with Crippen LogP contribution in [0, 0.1) is 0 Å². The summed E-state index contributed by atoms with van der Waals surface area (Å²) in [5, 5.41) is 3.24. The summed E-state index contributed by atoms with van der Waals surface area (Å²) >= 11 is 20.6. The molecule has 0 fully saturated rings. The molecule has 0 unspecified atom stereocenters. The number of hydrogen-bond donors (Lipinski definition) is 0.